The number of fused-ring (bicyclic) bond motifs is 1. The van der Waals surface area contributed by atoms with Crippen LogP contribution in [0.2, 0.25) is 0 Å². The lowest BCUT2D eigenvalue weighted by Crippen LogP contribution is -2.24. The first-order valence-electron chi connectivity index (χ1n) is 8.22. The molecule has 0 saturated carbocycles. The van der Waals surface area contributed by atoms with Crippen LogP contribution in [0.5, 0.6) is 0 Å². The Morgan fingerprint density at radius 3 is 2.65 bits per heavy atom. The van der Waals surface area contributed by atoms with Gasteiger partial charge in [0.2, 0.25) is 0 Å². The second kappa shape index (κ2) is 5.92. The molecular weight excluding hydrogens is 282 g/mol. The smallest absolute Gasteiger partial charge is 0.105 e. The van der Waals surface area contributed by atoms with Crippen molar-refractivity contribution in [2.24, 2.45) is 12.0 Å². The normalized spacial score (nSPS) is 16.6. The summed E-state index contributed by atoms with van der Waals surface area (Å²) in [6.07, 6.45) is 4.51. The average molecular weight is 303 g/mol. The molecule has 1 fully saturated rings. The Morgan fingerprint density at radius 1 is 1.00 bits per heavy atom. The zero-order valence-electron chi connectivity index (χ0n) is 13.4. The Kier molecular flexibility index (Phi) is 3.62. The first-order chi connectivity index (χ1) is 11.3. The second-order valence-corrected chi connectivity index (χ2v) is 6.17. The zero-order valence-corrected chi connectivity index (χ0v) is 13.4. The molecule has 3 nitrogen and oxygen atoms in total. The van der Waals surface area contributed by atoms with E-state index < -0.39 is 0 Å². The minimum atomic E-state index is 0.938. The molecule has 1 aliphatic rings. The molecule has 0 amide bonds. The van der Waals surface area contributed by atoms with Gasteiger partial charge in [-0.15, -0.1) is 0 Å². The molecule has 0 N–H and O–H groups in total. The van der Waals surface area contributed by atoms with Crippen LogP contribution in [-0.4, -0.2) is 21.8 Å². The number of hydrogen-bond acceptors (Lipinski definition) is 1. The summed E-state index contributed by atoms with van der Waals surface area (Å²) < 4.78 is 2.22. The van der Waals surface area contributed by atoms with Gasteiger partial charge in [-0.3, -0.25) is 0 Å². The minimum Gasteiger partial charge on any atom is -0.356 e. The molecule has 0 atom stereocenters. The number of aromatic nitrogens is 1. The van der Waals surface area contributed by atoms with Crippen LogP contribution in [0.3, 0.4) is 0 Å². The summed E-state index contributed by atoms with van der Waals surface area (Å²) in [5.41, 5.74) is 3.72. The standard InChI is InChI=1S/C20H21N3/c1-22-14-16(18-10-5-6-11-19(18)22)15-23-13-7-12-20(23)21-17-8-3-2-4-9-17/h2-6,8-11,14H,7,12-13,15H2,1H3. The summed E-state index contributed by atoms with van der Waals surface area (Å²) in [6.45, 7) is 2.03. The van der Waals surface area contributed by atoms with Crippen LogP contribution in [-0.2, 0) is 13.6 Å². The van der Waals surface area contributed by atoms with E-state index in [1.807, 2.05) is 18.2 Å². The molecule has 1 saturated heterocycles. The van der Waals surface area contributed by atoms with Crippen LogP contribution in [0.1, 0.15) is 18.4 Å². The number of likely N-dealkylation sites (tertiary alicyclic amines) is 1. The van der Waals surface area contributed by atoms with Gasteiger partial charge in [0, 0.05) is 43.7 Å². The van der Waals surface area contributed by atoms with Crippen LogP contribution in [0, 0.1) is 0 Å². The Labute approximate surface area is 136 Å². The Morgan fingerprint density at radius 2 is 1.78 bits per heavy atom. The molecule has 2 heterocycles. The fourth-order valence-corrected chi connectivity index (χ4v) is 3.42. The van der Waals surface area contributed by atoms with Gasteiger partial charge in [-0.2, -0.15) is 0 Å². The van der Waals surface area contributed by atoms with E-state index in [9.17, 15) is 0 Å². The monoisotopic (exact) mass is 303 g/mol. The highest BCUT2D eigenvalue weighted by Crippen LogP contribution is 2.25. The maximum absolute atomic E-state index is 4.86. The number of benzene rings is 2. The SMILES string of the molecule is Cn1cc(CN2CCCC2=Nc2ccccc2)c2ccccc21. The minimum absolute atomic E-state index is 0.938. The molecule has 3 aromatic rings. The lowest BCUT2D eigenvalue weighted by molar-refractivity contribution is 0.449. The lowest BCUT2D eigenvalue weighted by atomic mass is 10.1. The topological polar surface area (TPSA) is 20.5 Å². The summed E-state index contributed by atoms with van der Waals surface area (Å²) in [6, 6.07) is 18.9. The molecule has 1 aliphatic heterocycles. The number of nitrogens with zero attached hydrogens (tertiary/aromatic N) is 3. The van der Waals surface area contributed by atoms with E-state index in [2.05, 4.69) is 59.1 Å². The molecule has 4 rings (SSSR count). The van der Waals surface area contributed by atoms with E-state index in [0.29, 0.717) is 0 Å². The third kappa shape index (κ3) is 2.74. The molecule has 0 aliphatic carbocycles. The van der Waals surface area contributed by atoms with Gasteiger partial charge in [0.15, 0.2) is 0 Å². The Bertz CT molecular complexity index is 846. The predicted molar refractivity (Wildman–Crippen MR) is 96.1 cm³/mol. The molecule has 23 heavy (non-hydrogen) atoms. The van der Waals surface area contributed by atoms with Crippen LogP contribution < -0.4 is 0 Å². The second-order valence-electron chi connectivity index (χ2n) is 6.17. The van der Waals surface area contributed by atoms with E-state index in [0.717, 1.165) is 25.2 Å². The van der Waals surface area contributed by atoms with Gasteiger partial charge in [0.25, 0.3) is 0 Å². The quantitative estimate of drug-likeness (QED) is 0.697. The van der Waals surface area contributed by atoms with Crippen molar-refractivity contribution in [3.63, 3.8) is 0 Å². The van der Waals surface area contributed by atoms with Gasteiger partial charge in [0.1, 0.15) is 5.84 Å². The third-order valence-electron chi connectivity index (χ3n) is 4.55. The number of hydrogen-bond donors (Lipinski definition) is 0. The van der Waals surface area contributed by atoms with Gasteiger partial charge in [-0.25, -0.2) is 4.99 Å². The summed E-state index contributed by atoms with van der Waals surface area (Å²) in [4.78, 5) is 7.28. The van der Waals surface area contributed by atoms with E-state index >= 15 is 0 Å². The zero-order chi connectivity index (χ0) is 15.6. The molecule has 116 valence electrons. The van der Waals surface area contributed by atoms with Gasteiger partial charge in [0.05, 0.1) is 5.69 Å². The van der Waals surface area contributed by atoms with Crippen molar-refractivity contribution in [3.8, 4) is 0 Å². The molecular formula is C20H21N3. The number of para-hydroxylation sites is 2. The molecule has 1 aromatic heterocycles. The Balaban J connectivity index is 1.63. The molecule has 0 unspecified atom stereocenters. The van der Waals surface area contributed by atoms with Crippen molar-refractivity contribution in [2.45, 2.75) is 19.4 Å². The average Bonchev–Trinajstić information content (AvgIpc) is 3.14. The van der Waals surface area contributed by atoms with Crippen LogP contribution >= 0.6 is 0 Å². The maximum atomic E-state index is 4.86. The highest BCUT2D eigenvalue weighted by atomic mass is 15.2. The lowest BCUT2D eigenvalue weighted by Gasteiger charge is -2.18. The molecule has 0 bridgehead atoms. The summed E-state index contributed by atoms with van der Waals surface area (Å²) in [5, 5.41) is 1.35. The third-order valence-corrected chi connectivity index (χ3v) is 4.55. The van der Waals surface area contributed by atoms with Crippen molar-refractivity contribution in [1.82, 2.24) is 9.47 Å². The number of aryl methyl sites for hydroxylation is 1. The van der Waals surface area contributed by atoms with E-state index in [4.69, 9.17) is 4.99 Å². The fraction of sp³-hybridized carbons (Fsp3) is 0.250. The van der Waals surface area contributed by atoms with Crippen LogP contribution in [0.25, 0.3) is 10.9 Å². The van der Waals surface area contributed by atoms with E-state index in [-0.39, 0.29) is 0 Å². The fourth-order valence-electron chi connectivity index (χ4n) is 3.42. The van der Waals surface area contributed by atoms with Crippen molar-refractivity contribution in [3.05, 3.63) is 66.4 Å². The number of rotatable bonds is 3. The summed E-state index contributed by atoms with van der Waals surface area (Å²) >= 11 is 0. The first kappa shape index (κ1) is 14.1. The van der Waals surface area contributed by atoms with Crippen LogP contribution in [0.4, 0.5) is 5.69 Å². The van der Waals surface area contributed by atoms with Crippen molar-refractivity contribution < 1.29 is 0 Å². The summed E-state index contributed by atoms with van der Waals surface area (Å²) in [7, 11) is 2.12. The molecule has 3 heteroatoms. The highest BCUT2D eigenvalue weighted by Gasteiger charge is 2.20. The van der Waals surface area contributed by atoms with Gasteiger partial charge in [-0.05, 0) is 30.2 Å². The summed E-state index contributed by atoms with van der Waals surface area (Å²) in [5.74, 6) is 1.21. The van der Waals surface area contributed by atoms with E-state index in [1.165, 1.54) is 28.7 Å². The first-order valence-corrected chi connectivity index (χ1v) is 8.22. The van der Waals surface area contributed by atoms with Gasteiger partial charge in [-0.1, -0.05) is 36.4 Å². The van der Waals surface area contributed by atoms with Crippen LogP contribution in [0.15, 0.2) is 65.8 Å². The van der Waals surface area contributed by atoms with Gasteiger partial charge >= 0.3 is 0 Å². The van der Waals surface area contributed by atoms with Crippen molar-refractivity contribution in [2.75, 3.05) is 6.54 Å². The van der Waals surface area contributed by atoms with Gasteiger partial charge < -0.3 is 9.47 Å². The number of aliphatic imine (C=N–C) groups is 1. The number of amidine groups is 1. The largest absolute Gasteiger partial charge is 0.356 e. The van der Waals surface area contributed by atoms with Crippen molar-refractivity contribution in [1.29, 1.82) is 0 Å². The maximum Gasteiger partial charge on any atom is 0.105 e. The van der Waals surface area contributed by atoms with E-state index in [1.54, 1.807) is 0 Å². The van der Waals surface area contributed by atoms with Crippen molar-refractivity contribution >= 4 is 22.4 Å². The molecule has 2 aromatic carbocycles. The molecule has 0 radical (unpaired) electrons. The highest BCUT2D eigenvalue weighted by molar-refractivity contribution is 5.88. The Hall–Kier alpha value is -2.55. The molecule has 0 spiro atoms. The predicted octanol–water partition coefficient (Wildman–Crippen LogP) is 4.50.